The number of aromatic nitrogens is 3. The zero-order valence-corrected chi connectivity index (χ0v) is 16.1. The van der Waals surface area contributed by atoms with Gasteiger partial charge in [0.25, 0.3) is 5.91 Å². The summed E-state index contributed by atoms with van der Waals surface area (Å²) in [5.41, 5.74) is 1.60. The molecule has 1 unspecified atom stereocenters. The van der Waals surface area contributed by atoms with Gasteiger partial charge in [-0.05, 0) is 30.9 Å². The number of hydrogen-bond donors (Lipinski definition) is 1. The van der Waals surface area contributed by atoms with Gasteiger partial charge in [0.05, 0.1) is 18.4 Å². The second-order valence-electron chi connectivity index (χ2n) is 7.28. The molecule has 1 fully saturated rings. The molecule has 1 N–H and O–H groups in total. The van der Waals surface area contributed by atoms with Gasteiger partial charge in [-0.3, -0.25) is 4.79 Å². The highest BCUT2D eigenvalue weighted by Crippen LogP contribution is 2.21. The first-order valence-corrected chi connectivity index (χ1v) is 9.13. The van der Waals surface area contributed by atoms with Gasteiger partial charge in [0.15, 0.2) is 0 Å². The summed E-state index contributed by atoms with van der Waals surface area (Å²) in [5.74, 6) is 2.32. The Labute approximate surface area is 155 Å². The molecule has 1 amide bonds. The van der Waals surface area contributed by atoms with Gasteiger partial charge in [-0.25, -0.2) is 9.97 Å². The van der Waals surface area contributed by atoms with E-state index < -0.39 is 0 Å². The van der Waals surface area contributed by atoms with Gasteiger partial charge in [-0.15, -0.1) is 0 Å². The first-order valence-electron chi connectivity index (χ1n) is 9.13. The normalized spacial score (nSPS) is 17.2. The predicted molar refractivity (Wildman–Crippen MR) is 104 cm³/mol. The second-order valence-corrected chi connectivity index (χ2v) is 7.28. The SMILES string of the molecule is CC1CCCN(c2cc(C(=O)NCc3cnc(N(C)C)n3C)ccn2)C1. The molecule has 1 aliphatic heterocycles. The lowest BCUT2D eigenvalue weighted by Crippen LogP contribution is -2.35. The molecule has 0 spiro atoms. The van der Waals surface area contributed by atoms with E-state index in [0.29, 0.717) is 18.0 Å². The van der Waals surface area contributed by atoms with Crippen LogP contribution < -0.4 is 15.1 Å². The number of anilines is 2. The highest BCUT2D eigenvalue weighted by molar-refractivity contribution is 5.94. The number of rotatable bonds is 5. The number of piperidine rings is 1. The van der Waals surface area contributed by atoms with Crippen molar-refractivity contribution in [3.05, 3.63) is 35.8 Å². The van der Waals surface area contributed by atoms with Gasteiger partial charge in [0.1, 0.15) is 5.82 Å². The topological polar surface area (TPSA) is 66.3 Å². The predicted octanol–water partition coefficient (Wildman–Crippen LogP) is 2.05. The van der Waals surface area contributed by atoms with Crippen molar-refractivity contribution in [2.75, 3.05) is 37.0 Å². The summed E-state index contributed by atoms with van der Waals surface area (Å²) in [5, 5.41) is 2.98. The quantitative estimate of drug-likeness (QED) is 0.888. The van der Waals surface area contributed by atoms with Gasteiger partial charge < -0.3 is 19.7 Å². The minimum Gasteiger partial charge on any atom is -0.356 e. The zero-order valence-electron chi connectivity index (χ0n) is 16.1. The molecule has 3 heterocycles. The Morgan fingerprint density at radius 1 is 1.38 bits per heavy atom. The van der Waals surface area contributed by atoms with Crippen LogP contribution in [0.2, 0.25) is 0 Å². The summed E-state index contributed by atoms with van der Waals surface area (Å²) in [6, 6.07) is 3.66. The van der Waals surface area contributed by atoms with Crippen LogP contribution in [0.15, 0.2) is 24.5 Å². The molecule has 2 aromatic heterocycles. The summed E-state index contributed by atoms with van der Waals surface area (Å²) >= 11 is 0. The van der Waals surface area contributed by atoms with E-state index in [1.165, 1.54) is 12.8 Å². The average Bonchev–Trinajstić information content (AvgIpc) is 3.00. The molecule has 0 aromatic carbocycles. The van der Waals surface area contributed by atoms with Crippen molar-refractivity contribution < 1.29 is 4.79 Å². The average molecular weight is 356 g/mol. The fourth-order valence-electron chi connectivity index (χ4n) is 3.42. The van der Waals surface area contributed by atoms with Crippen molar-refractivity contribution in [3.63, 3.8) is 0 Å². The molecular weight excluding hydrogens is 328 g/mol. The number of carbonyl (C=O) groups is 1. The van der Waals surface area contributed by atoms with Crippen LogP contribution in [0, 0.1) is 5.92 Å². The van der Waals surface area contributed by atoms with Gasteiger partial charge in [0, 0.05) is 46.0 Å². The van der Waals surface area contributed by atoms with E-state index in [-0.39, 0.29) is 5.91 Å². The minimum atomic E-state index is -0.0914. The third-order valence-corrected chi connectivity index (χ3v) is 4.88. The Morgan fingerprint density at radius 3 is 2.88 bits per heavy atom. The van der Waals surface area contributed by atoms with Crippen LogP contribution in [0.25, 0.3) is 0 Å². The number of amides is 1. The van der Waals surface area contributed by atoms with E-state index in [1.54, 1.807) is 18.5 Å². The maximum absolute atomic E-state index is 12.6. The van der Waals surface area contributed by atoms with Crippen LogP contribution in [0.4, 0.5) is 11.8 Å². The van der Waals surface area contributed by atoms with Gasteiger partial charge in [-0.1, -0.05) is 6.92 Å². The zero-order chi connectivity index (χ0) is 18.7. The van der Waals surface area contributed by atoms with E-state index in [9.17, 15) is 4.79 Å². The van der Waals surface area contributed by atoms with Crippen molar-refractivity contribution in [2.24, 2.45) is 13.0 Å². The summed E-state index contributed by atoms with van der Waals surface area (Å²) in [6.45, 7) is 4.71. The van der Waals surface area contributed by atoms with Crippen molar-refractivity contribution in [3.8, 4) is 0 Å². The Balaban J connectivity index is 1.66. The van der Waals surface area contributed by atoms with Crippen LogP contribution in [-0.2, 0) is 13.6 Å². The third kappa shape index (κ3) is 3.98. The fourth-order valence-corrected chi connectivity index (χ4v) is 3.42. The van der Waals surface area contributed by atoms with E-state index in [2.05, 4.69) is 27.1 Å². The molecule has 2 aromatic rings. The third-order valence-electron chi connectivity index (χ3n) is 4.88. The molecule has 0 bridgehead atoms. The second kappa shape index (κ2) is 7.76. The number of carbonyl (C=O) groups excluding carboxylic acids is 1. The molecule has 0 aliphatic carbocycles. The molecule has 0 radical (unpaired) electrons. The highest BCUT2D eigenvalue weighted by Gasteiger charge is 2.18. The lowest BCUT2D eigenvalue weighted by atomic mass is 10.0. The number of hydrogen-bond acceptors (Lipinski definition) is 5. The summed E-state index contributed by atoms with van der Waals surface area (Å²) in [7, 11) is 5.85. The molecular formula is C19H28N6O. The van der Waals surface area contributed by atoms with Crippen molar-refractivity contribution >= 4 is 17.7 Å². The molecule has 140 valence electrons. The summed E-state index contributed by atoms with van der Waals surface area (Å²) in [6.07, 6.45) is 5.95. The number of nitrogens with zero attached hydrogens (tertiary/aromatic N) is 5. The molecule has 7 heteroatoms. The van der Waals surface area contributed by atoms with Gasteiger partial charge >= 0.3 is 0 Å². The summed E-state index contributed by atoms with van der Waals surface area (Å²) < 4.78 is 1.98. The smallest absolute Gasteiger partial charge is 0.251 e. The Morgan fingerprint density at radius 2 is 2.19 bits per heavy atom. The Bertz CT molecular complexity index is 769. The fraction of sp³-hybridized carbons (Fsp3) is 0.526. The lowest BCUT2D eigenvalue weighted by Gasteiger charge is -2.31. The number of imidazole rings is 1. The molecule has 3 rings (SSSR count). The van der Waals surface area contributed by atoms with Crippen molar-refractivity contribution in [1.82, 2.24) is 19.9 Å². The molecule has 26 heavy (non-hydrogen) atoms. The molecule has 1 saturated heterocycles. The van der Waals surface area contributed by atoms with Crippen LogP contribution in [-0.4, -0.2) is 47.6 Å². The first-order chi connectivity index (χ1) is 12.5. The van der Waals surface area contributed by atoms with Crippen LogP contribution in [0.5, 0.6) is 0 Å². The Kier molecular flexibility index (Phi) is 5.44. The summed E-state index contributed by atoms with van der Waals surface area (Å²) in [4.78, 5) is 25.6. The maximum atomic E-state index is 12.6. The largest absolute Gasteiger partial charge is 0.356 e. The molecule has 7 nitrogen and oxygen atoms in total. The van der Waals surface area contributed by atoms with E-state index in [0.717, 1.165) is 30.5 Å². The standard InChI is InChI=1S/C19H28N6O/c1-14-6-5-9-25(13-14)17-10-15(7-8-20-17)18(26)21-11-16-12-22-19(23(2)3)24(16)4/h7-8,10,12,14H,5-6,9,11,13H2,1-4H3,(H,21,26). The molecule has 1 aliphatic rings. The van der Waals surface area contributed by atoms with Crippen molar-refractivity contribution in [1.29, 1.82) is 0 Å². The van der Waals surface area contributed by atoms with Crippen LogP contribution >= 0.6 is 0 Å². The number of pyridine rings is 1. The minimum absolute atomic E-state index is 0.0914. The van der Waals surface area contributed by atoms with E-state index in [1.807, 2.05) is 36.7 Å². The van der Waals surface area contributed by atoms with Crippen LogP contribution in [0.3, 0.4) is 0 Å². The van der Waals surface area contributed by atoms with Crippen LogP contribution in [0.1, 0.15) is 35.8 Å². The monoisotopic (exact) mass is 356 g/mol. The molecule has 1 atom stereocenters. The lowest BCUT2D eigenvalue weighted by molar-refractivity contribution is 0.0950. The number of nitrogens with one attached hydrogen (secondary N) is 1. The van der Waals surface area contributed by atoms with Gasteiger partial charge in [0.2, 0.25) is 5.95 Å². The van der Waals surface area contributed by atoms with Gasteiger partial charge in [-0.2, -0.15) is 0 Å². The first kappa shape index (κ1) is 18.2. The Hall–Kier alpha value is -2.57. The van der Waals surface area contributed by atoms with Crippen molar-refractivity contribution in [2.45, 2.75) is 26.3 Å². The highest BCUT2D eigenvalue weighted by atomic mass is 16.1. The maximum Gasteiger partial charge on any atom is 0.251 e. The van der Waals surface area contributed by atoms with E-state index >= 15 is 0 Å². The van der Waals surface area contributed by atoms with E-state index in [4.69, 9.17) is 0 Å². The molecule has 0 saturated carbocycles.